The molecule has 0 unspecified atom stereocenters. The van der Waals surface area contributed by atoms with E-state index in [0.29, 0.717) is 22.8 Å². The molecule has 10 heteroatoms. The predicted molar refractivity (Wildman–Crippen MR) is 143 cm³/mol. The van der Waals surface area contributed by atoms with Crippen LogP contribution in [0.5, 0.6) is 0 Å². The van der Waals surface area contributed by atoms with Crippen LogP contribution in [0.25, 0.3) is 22.2 Å². The predicted octanol–water partition coefficient (Wildman–Crippen LogP) is 4.39. The normalized spacial score (nSPS) is 14.6. The number of carbonyl (C=O) groups is 1. The molecule has 0 spiro atoms. The highest BCUT2D eigenvalue weighted by molar-refractivity contribution is 6.00. The zero-order valence-electron chi connectivity index (χ0n) is 20.6. The van der Waals surface area contributed by atoms with Crippen LogP contribution in [0.15, 0.2) is 73.0 Å². The number of halogens is 1. The lowest BCUT2D eigenvalue weighted by molar-refractivity contribution is -0.112. The lowest BCUT2D eigenvalue weighted by Gasteiger charge is -2.33. The first-order valence-electron chi connectivity index (χ1n) is 12.0. The van der Waals surface area contributed by atoms with E-state index in [2.05, 4.69) is 42.4 Å². The van der Waals surface area contributed by atoms with Crippen LogP contribution in [0.3, 0.4) is 0 Å². The first-order chi connectivity index (χ1) is 17.9. The third-order valence-corrected chi connectivity index (χ3v) is 6.06. The largest absolute Gasteiger partial charge is 0.354 e. The van der Waals surface area contributed by atoms with Gasteiger partial charge in [0.2, 0.25) is 5.95 Å². The smallest absolute Gasteiger partial charge is 0.250 e. The van der Waals surface area contributed by atoms with Gasteiger partial charge in [-0.1, -0.05) is 12.1 Å². The molecule has 9 nitrogen and oxygen atoms in total. The van der Waals surface area contributed by atoms with Crippen LogP contribution >= 0.6 is 0 Å². The molecule has 2 N–H and O–H groups in total. The fourth-order valence-electron chi connectivity index (χ4n) is 4.14. The Morgan fingerprint density at radius 3 is 2.59 bits per heavy atom. The first kappa shape index (κ1) is 24.3. The number of fused-ring (bicyclic) bond motifs is 1. The number of carbonyl (C=O) groups excluding carboxylic acids is 1. The van der Waals surface area contributed by atoms with Crippen molar-refractivity contribution in [2.75, 3.05) is 48.8 Å². The highest BCUT2D eigenvalue weighted by Gasteiger charge is 2.15. The van der Waals surface area contributed by atoms with Gasteiger partial charge in [0.05, 0.1) is 17.6 Å². The minimum Gasteiger partial charge on any atom is -0.354 e. The molecule has 1 aromatic carbocycles. The number of aromatic nitrogens is 4. The van der Waals surface area contributed by atoms with Gasteiger partial charge >= 0.3 is 0 Å². The summed E-state index contributed by atoms with van der Waals surface area (Å²) in [6.07, 6.45) is 6.11. The average molecular weight is 499 g/mol. The summed E-state index contributed by atoms with van der Waals surface area (Å²) in [5, 5.41) is 6.72. The van der Waals surface area contributed by atoms with Gasteiger partial charge in [0, 0.05) is 61.3 Å². The van der Waals surface area contributed by atoms with Crippen molar-refractivity contribution in [2.24, 2.45) is 0 Å². The van der Waals surface area contributed by atoms with Crippen LogP contribution in [-0.4, -0.2) is 64.0 Å². The van der Waals surface area contributed by atoms with Gasteiger partial charge in [0.1, 0.15) is 17.2 Å². The number of pyridine rings is 2. The van der Waals surface area contributed by atoms with Crippen molar-refractivity contribution < 1.29 is 9.18 Å². The maximum Gasteiger partial charge on any atom is 0.250 e. The third kappa shape index (κ3) is 5.87. The summed E-state index contributed by atoms with van der Waals surface area (Å²) in [6, 6.07) is 13.0. The number of nitrogens with zero attached hydrogens (tertiary/aromatic N) is 6. The first-order valence-corrected chi connectivity index (χ1v) is 12.0. The molecule has 188 valence electrons. The highest BCUT2D eigenvalue weighted by atomic mass is 19.1. The van der Waals surface area contributed by atoms with Crippen LogP contribution < -0.4 is 15.5 Å². The Labute approximate surface area is 214 Å². The Balaban J connectivity index is 1.38. The summed E-state index contributed by atoms with van der Waals surface area (Å²) >= 11 is 0. The Kier molecular flexibility index (Phi) is 7.00. The lowest BCUT2D eigenvalue weighted by atomic mass is 10.1. The number of hydrogen-bond acceptors (Lipinski definition) is 8. The van der Waals surface area contributed by atoms with E-state index in [9.17, 15) is 9.18 Å². The summed E-state index contributed by atoms with van der Waals surface area (Å²) in [4.78, 5) is 34.9. The number of hydrogen-bond donors (Lipinski definition) is 2. The Morgan fingerprint density at radius 1 is 1.00 bits per heavy atom. The monoisotopic (exact) mass is 498 g/mol. The van der Waals surface area contributed by atoms with Crippen molar-refractivity contribution in [3.63, 3.8) is 0 Å². The molecular weight excluding hydrogens is 471 g/mol. The molecule has 4 aromatic rings. The maximum atomic E-state index is 13.0. The topological polar surface area (TPSA) is 99.2 Å². The molecule has 4 heterocycles. The highest BCUT2D eigenvalue weighted by Crippen LogP contribution is 2.28. The van der Waals surface area contributed by atoms with Crippen molar-refractivity contribution in [2.45, 2.75) is 6.92 Å². The number of benzene rings is 1. The van der Waals surface area contributed by atoms with Crippen LogP contribution in [0.4, 0.5) is 27.5 Å². The van der Waals surface area contributed by atoms with E-state index in [1.165, 1.54) is 6.92 Å². The standard InChI is InChI=1S/C27H27FN8O/c1-18(28)14-24(37)32-21-5-3-4-19(15-21)25-26-20(8-9-29-25)16-31-27(34-26)33-22-6-7-23(30-17-22)36-12-10-35(2)11-13-36/h3-9,14-17H,10-13H2,1-2H3,(H,32,37)(H,31,33,34)/b18-14-. The zero-order chi connectivity index (χ0) is 25.8. The van der Waals surface area contributed by atoms with E-state index in [0.717, 1.165) is 54.7 Å². The number of piperazine rings is 1. The van der Waals surface area contributed by atoms with E-state index >= 15 is 0 Å². The van der Waals surface area contributed by atoms with Crippen molar-refractivity contribution in [3.05, 3.63) is 73.0 Å². The molecule has 1 fully saturated rings. The number of anilines is 4. The third-order valence-electron chi connectivity index (χ3n) is 6.06. The number of allylic oxidation sites excluding steroid dienone is 1. The summed E-state index contributed by atoms with van der Waals surface area (Å²) in [6.45, 7) is 5.17. The molecule has 37 heavy (non-hydrogen) atoms. The van der Waals surface area contributed by atoms with Crippen LogP contribution in [0.2, 0.25) is 0 Å². The Bertz CT molecular complexity index is 1440. The van der Waals surface area contributed by atoms with Gasteiger partial charge in [-0.3, -0.25) is 9.78 Å². The van der Waals surface area contributed by atoms with Crippen LogP contribution in [0, 0.1) is 0 Å². The van der Waals surface area contributed by atoms with E-state index in [-0.39, 0.29) is 0 Å². The summed E-state index contributed by atoms with van der Waals surface area (Å²) < 4.78 is 13.0. The molecule has 0 saturated carbocycles. The van der Waals surface area contributed by atoms with Gasteiger partial charge < -0.3 is 20.4 Å². The van der Waals surface area contributed by atoms with E-state index in [1.54, 1.807) is 36.8 Å². The van der Waals surface area contributed by atoms with Gasteiger partial charge in [-0.05, 0) is 44.3 Å². The number of nitrogens with one attached hydrogen (secondary N) is 2. The van der Waals surface area contributed by atoms with E-state index in [1.807, 2.05) is 24.3 Å². The van der Waals surface area contributed by atoms with Crippen LogP contribution in [0.1, 0.15) is 6.92 Å². The molecule has 3 aromatic heterocycles. The fraction of sp³-hybridized carbons (Fsp3) is 0.222. The van der Waals surface area contributed by atoms with Gasteiger partial charge in [-0.2, -0.15) is 0 Å². The second-order valence-corrected chi connectivity index (χ2v) is 8.91. The van der Waals surface area contributed by atoms with Gasteiger partial charge in [0.25, 0.3) is 5.91 Å². The molecule has 1 saturated heterocycles. The second kappa shape index (κ2) is 10.7. The van der Waals surface area contributed by atoms with Crippen LogP contribution in [-0.2, 0) is 4.79 Å². The van der Waals surface area contributed by atoms with Gasteiger partial charge in [0.15, 0.2) is 0 Å². The molecule has 5 rings (SSSR count). The summed E-state index contributed by atoms with van der Waals surface area (Å²) in [5.74, 6) is 0.270. The minimum absolute atomic E-state index is 0.420. The molecule has 0 radical (unpaired) electrons. The molecule has 1 aliphatic heterocycles. The Hall–Kier alpha value is -4.44. The minimum atomic E-state index is -0.565. The lowest BCUT2D eigenvalue weighted by Crippen LogP contribution is -2.44. The Morgan fingerprint density at radius 2 is 1.84 bits per heavy atom. The fourth-order valence-corrected chi connectivity index (χ4v) is 4.14. The zero-order valence-corrected chi connectivity index (χ0v) is 20.6. The molecule has 0 bridgehead atoms. The summed E-state index contributed by atoms with van der Waals surface area (Å²) in [5.41, 5.74) is 3.36. The van der Waals surface area contributed by atoms with Crippen molar-refractivity contribution >= 4 is 40.0 Å². The molecule has 1 amide bonds. The molecule has 1 aliphatic rings. The van der Waals surface area contributed by atoms with E-state index < -0.39 is 11.7 Å². The molecule has 0 atom stereocenters. The van der Waals surface area contributed by atoms with Crippen molar-refractivity contribution in [3.8, 4) is 11.3 Å². The molecule has 0 aliphatic carbocycles. The SMILES string of the molecule is C/C(F)=C/C(=O)Nc1cccc(-c2nccc3cnc(Nc4ccc(N5CCN(C)CC5)nc4)nc23)c1. The van der Waals surface area contributed by atoms with Crippen molar-refractivity contribution in [1.82, 2.24) is 24.8 Å². The van der Waals surface area contributed by atoms with Crippen molar-refractivity contribution in [1.29, 1.82) is 0 Å². The second-order valence-electron chi connectivity index (χ2n) is 8.91. The number of rotatable bonds is 6. The number of likely N-dealkylation sites (N-methyl/N-ethyl adjacent to an activating group) is 1. The molecular formula is C27H27FN8O. The van der Waals surface area contributed by atoms with E-state index in [4.69, 9.17) is 4.98 Å². The summed E-state index contributed by atoms with van der Waals surface area (Å²) in [7, 11) is 2.13. The number of amides is 1. The average Bonchev–Trinajstić information content (AvgIpc) is 2.89. The quantitative estimate of drug-likeness (QED) is 0.378. The van der Waals surface area contributed by atoms with Gasteiger partial charge in [-0.15, -0.1) is 0 Å². The van der Waals surface area contributed by atoms with Gasteiger partial charge in [-0.25, -0.2) is 19.3 Å². The maximum absolute atomic E-state index is 13.0.